The van der Waals surface area contributed by atoms with Gasteiger partial charge in [-0.05, 0) is 13.0 Å². The predicted molar refractivity (Wildman–Crippen MR) is 48.1 cm³/mol. The molecule has 0 bridgehead atoms. The SMILES string of the molecule is CC(=O)c1c(F)cc(C(F)(F)F)cc1[N+](=O)[O-]. The van der Waals surface area contributed by atoms with Crippen molar-refractivity contribution in [3.63, 3.8) is 0 Å². The van der Waals surface area contributed by atoms with Gasteiger partial charge in [0.25, 0.3) is 5.69 Å². The summed E-state index contributed by atoms with van der Waals surface area (Å²) >= 11 is 0. The highest BCUT2D eigenvalue weighted by Crippen LogP contribution is 2.34. The lowest BCUT2D eigenvalue weighted by Gasteiger charge is -2.08. The van der Waals surface area contributed by atoms with Crippen molar-refractivity contribution >= 4 is 11.5 Å². The molecule has 0 amide bonds. The zero-order chi connectivity index (χ0) is 13.4. The van der Waals surface area contributed by atoms with Crippen LogP contribution >= 0.6 is 0 Å². The number of nitro benzene ring substituents is 1. The van der Waals surface area contributed by atoms with E-state index < -0.39 is 39.5 Å². The van der Waals surface area contributed by atoms with Gasteiger partial charge in [-0.1, -0.05) is 0 Å². The smallest absolute Gasteiger partial charge is 0.294 e. The van der Waals surface area contributed by atoms with Crippen molar-refractivity contribution in [2.45, 2.75) is 13.1 Å². The first-order valence-corrected chi connectivity index (χ1v) is 4.20. The van der Waals surface area contributed by atoms with E-state index in [4.69, 9.17) is 0 Å². The number of carbonyl (C=O) groups is 1. The van der Waals surface area contributed by atoms with Crippen LogP contribution in [0, 0.1) is 15.9 Å². The Labute approximate surface area is 92.0 Å². The molecule has 0 N–H and O–H groups in total. The van der Waals surface area contributed by atoms with Crippen molar-refractivity contribution in [1.82, 2.24) is 0 Å². The number of halogens is 4. The number of hydrogen-bond donors (Lipinski definition) is 0. The number of nitrogens with zero attached hydrogens (tertiary/aromatic N) is 1. The maximum absolute atomic E-state index is 13.2. The zero-order valence-electron chi connectivity index (χ0n) is 8.34. The highest BCUT2D eigenvalue weighted by Gasteiger charge is 2.35. The first-order chi connectivity index (χ1) is 7.64. The first kappa shape index (κ1) is 13.1. The standard InChI is InChI=1S/C9H5F4NO3/c1-4(15)8-6(10)2-5(9(11,12)13)3-7(8)14(16)17/h2-3H,1H3. The molecular weight excluding hydrogens is 246 g/mol. The van der Waals surface area contributed by atoms with E-state index in [1.54, 1.807) is 0 Å². The number of rotatable bonds is 2. The topological polar surface area (TPSA) is 60.2 Å². The van der Waals surface area contributed by atoms with Crippen LogP contribution < -0.4 is 0 Å². The molecule has 0 saturated heterocycles. The normalized spacial score (nSPS) is 11.4. The second-order valence-electron chi connectivity index (χ2n) is 3.16. The number of benzene rings is 1. The van der Waals surface area contributed by atoms with Gasteiger partial charge in [-0.15, -0.1) is 0 Å². The maximum Gasteiger partial charge on any atom is 0.416 e. The van der Waals surface area contributed by atoms with E-state index >= 15 is 0 Å². The fourth-order valence-electron chi connectivity index (χ4n) is 1.25. The van der Waals surface area contributed by atoms with E-state index in [1.165, 1.54) is 0 Å². The van der Waals surface area contributed by atoms with E-state index in [0.29, 0.717) is 0 Å². The molecule has 0 aromatic heterocycles. The monoisotopic (exact) mass is 251 g/mol. The largest absolute Gasteiger partial charge is 0.416 e. The minimum absolute atomic E-state index is 0.0593. The molecule has 0 saturated carbocycles. The molecule has 0 aliphatic carbocycles. The van der Waals surface area contributed by atoms with Crippen LogP contribution in [0.25, 0.3) is 0 Å². The lowest BCUT2D eigenvalue weighted by atomic mass is 10.0. The van der Waals surface area contributed by atoms with Gasteiger partial charge in [0, 0.05) is 6.07 Å². The number of carbonyl (C=O) groups excluding carboxylic acids is 1. The summed E-state index contributed by atoms with van der Waals surface area (Å²) in [7, 11) is 0. The van der Waals surface area contributed by atoms with Crippen molar-refractivity contribution in [3.8, 4) is 0 Å². The van der Waals surface area contributed by atoms with Crippen molar-refractivity contribution in [3.05, 3.63) is 39.2 Å². The van der Waals surface area contributed by atoms with Gasteiger partial charge < -0.3 is 0 Å². The molecule has 1 aromatic rings. The highest BCUT2D eigenvalue weighted by molar-refractivity contribution is 5.98. The molecule has 0 unspecified atom stereocenters. The molecule has 0 heterocycles. The second-order valence-corrected chi connectivity index (χ2v) is 3.16. The fraction of sp³-hybridized carbons (Fsp3) is 0.222. The van der Waals surface area contributed by atoms with E-state index in [1.807, 2.05) is 0 Å². The van der Waals surface area contributed by atoms with Crippen LogP contribution in [-0.4, -0.2) is 10.7 Å². The van der Waals surface area contributed by atoms with E-state index in [0.717, 1.165) is 6.92 Å². The molecule has 0 spiro atoms. The average Bonchev–Trinajstić information content (AvgIpc) is 2.13. The van der Waals surface area contributed by atoms with Gasteiger partial charge >= 0.3 is 6.18 Å². The molecular formula is C9H5F4NO3. The van der Waals surface area contributed by atoms with Crippen LogP contribution in [-0.2, 0) is 6.18 Å². The van der Waals surface area contributed by atoms with Crippen molar-refractivity contribution in [1.29, 1.82) is 0 Å². The Kier molecular flexibility index (Phi) is 3.16. The summed E-state index contributed by atoms with van der Waals surface area (Å²) in [5.74, 6) is -2.57. The van der Waals surface area contributed by atoms with Gasteiger partial charge in [0.15, 0.2) is 5.78 Å². The third-order valence-corrected chi connectivity index (χ3v) is 1.95. The first-order valence-electron chi connectivity index (χ1n) is 4.20. The van der Waals surface area contributed by atoms with Gasteiger partial charge in [-0.3, -0.25) is 14.9 Å². The van der Waals surface area contributed by atoms with Crippen molar-refractivity contribution in [2.75, 3.05) is 0 Å². The number of alkyl halides is 3. The third kappa shape index (κ3) is 2.58. The predicted octanol–water partition coefficient (Wildman–Crippen LogP) is 2.96. The molecule has 1 rings (SSSR count). The molecule has 0 radical (unpaired) electrons. The Morgan fingerprint density at radius 3 is 2.24 bits per heavy atom. The number of Topliss-reactive ketones (excluding diaryl/α,β-unsaturated/α-hetero) is 1. The number of nitro groups is 1. The lowest BCUT2D eigenvalue weighted by Crippen LogP contribution is -2.10. The van der Waals surface area contributed by atoms with Gasteiger partial charge in [-0.25, -0.2) is 4.39 Å². The summed E-state index contributed by atoms with van der Waals surface area (Å²) in [6.45, 7) is 0.832. The zero-order valence-corrected chi connectivity index (χ0v) is 8.34. The van der Waals surface area contributed by atoms with Gasteiger partial charge in [-0.2, -0.15) is 13.2 Å². The Bertz CT molecular complexity index is 496. The molecule has 0 aliphatic heterocycles. The quantitative estimate of drug-likeness (QED) is 0.351. The molecule has 0 atom stereocenters. The van der Waals surface area contributed by atoms with Gasteiger partial charge in [0.05, 0.1) is 10.5 Å². The molecule has 0 fully saturated rings. The fourth-order valence-corrected chi connectivity index (χ4v) is 1.25. The van der Waals surface area contributed by atoms with Crippen molar-refractivity contribution < 1.29 is 27.3 Å². The molecule has 1 aromatic carbocycles. The van der Waals surface area contributed by atoms with Crippen LogP contribution in [0.5, 0.6) is 0 Å². The van der Waals surface area contributed by atoms with Crippen LogP contribution in [0.4, 0.5) is 23.2 Å². The van der Waals surface area contributed by atoms with Crippen LogP contribution in [0.1, 0.15) is 22.8 Å². The van der Waals surface area contributed by atoms with Crippen molar-refractivity contribution in [2.24, 2.45) is 0 Å². The van der Waals surface area contributed by atoms with E-state index in [9.17, 15) is 32.5 Å². The minimum Gasteiger partial charge on any atom is -0.294 e. The Morgan fingerprint density at radius 1 is 1.35 bits per heavy atom. The summed E-state index contributed by atoms with van der Waals surface area (Å²) in [5, 5.41) is 10.5. The van der Waals surface area contributed by atoms with E-state index in [-0.39, 0.29) is 12.1 Å². The third-order valence-electron chi connectivity index (χ3n) is 1.95. The van der Waals surface area contributed by atoms with E-state index in [2.05, 4.69) is 0 Å². The molecule has 0 aliphatic rings. The second kappa shape index (κ2) is 4.11. The minimum atomic E-state index is -4.92. The van der Waals surface area contributed by atoms with Gasteiger partial charge in [0.1, 0.15) is 11.4 Å². The Morgan fingerprint density at radius 2 is 1.88 bits per heavy atom. The average molecular weight is 251 g/mol. The Hall–Kier alpha value is -1.99. The summed E-state index contributed by atoms with van der Waals surface area (Å²) in [4.78, 5) is 20.2. The van der Waals surface area contributed by atoms with Crippen LogP contribution in [0.2, 0.25) is 0 Å². The van der Waals surface area contributed by atoms with Crippen LogP contribution in [0.3, 0.4) is 0 Å². The Balaban J connectivity index is 3.58. The summed E-state index contributed by atoms with van der Waals surface area (Å²) < 4.78 is 50.0. The lowest BCUT2D eigenvalue weighted by molar-refractivity contribution is -0.385. The van der Waals surface area contributed by atoms with Crippen LogP contribution in [0.15, 0.2) is 12.1 Å². The summed E-state index contributed by atoms with van der Waals surface area (Å²) in [6, 6.07) is 0.198. The maximum atomic E-state index is 13.2. The molecule has 8 heteroatoms. The highest BCUT2D eigenvalue weighted by atomic mass is 19.4. The van der Waals surface area contributed by atoms with Gasteiger partial charge in [0.2, 0.25) is 0 Å². The number of ketones is 1. The number of hydrogen-bond acceptors (Lipinski definition) is 3. The summed E-state index contributed by atoms with van der Waals surface area (Å²) in [6.07, 6.45) is -4.92. The summed E-state index contributed by atoms with van der Waals surface area (Å²) in [5.41, 5.74) is -3.65. The molecule has 17 heavy (non-hydrogen) atoms. The molecule has 4 nitrogen and oxygen atoms in total. The molecule has 92 valence electrons.